The number of hydrogen-bond donors (Lipinski definition) is 0. The Hall–Kier alpha value is -2.58. The predicted octanol–water partition coefficient (Wildman–Crippen LogP) is 5.60. The van der Waals surface area contributed by atoms with Crippen molar-refractivity contribution < 1.29 is 9.53 Å². The third kappa shape index (κ3) is 4.09. The van der Waals surface area contributed by atoms with Crippen molar-refractivity contribution in [3.63, 3.8) is 0 Å². The van der Waals surface area contributed by atoms with Gasteiger partial charge in [-0.05, 0) is 30.2 Å². The van der Waals surface area contributed by atoms with Crippen LogP contribution in [0.15, 0.2) is 84.9 Å². The van der Waals surface area contributed by atoms with Crippen LogP contribution in [0.1, 0.15) is 28.4 Å². The SMILES string of the molecule is CC(Cl)(C(=O)c1ccccc1)c1ccc(OCc2ccccc2)cc1. The van der Waals surface area contributed by atoms with Crippen LogP contribution >= 0.6 is 11.6 Å². The number of benzene rings is 3. The predicted molar refractivity (Wildman–Crippen MR) is 101 cm³/mol. The molecule has 3 aromatic carbocycles. The Morgan fingerprint density at radius 3 is 2.04 bits per heavy atom. The summed E-state index contributed by atoms with van der Waals surface area (Å²) < 4.78 is 5.78. The minimum absolute atomic E-state index is 0.118. The van der Waals surface area contributed by atoms with E-state index in [1.165, 1.54) is 0 Å². The molecule has 0 aromatic heterocycles. The molecule has 1 unspecified atom stereocenters. The van der Waals surface area contributed by atoms with Gasteiger partial charge in [-0.25, -0.2) is 0 Å². The van der Waals surface area contributed by atoms with Gasteiger partial charge in [0.25, 0.3) is 0 Å². The Morgan fingerprint density at radius 1 is 0.880 bits per heavy atom. The van der Waals surface area contributed by atoms with E-state index in [0.717, 1.165) is 16.9 Å². The average Bonchev–Trinajstić information content (AvgIpc) is 2.67. The first kappa shape index (κ1) is 17.2. The zero-order valence-corrected chi connectivity index (χ0v) is 14.7. The van der Waals surface area contributed by atoms with E-state index in [2.05, 4.69) is 0 Å². The van der Waals surface area contributed by atoms with Gasteiger partial charge in [-0.3, -0.25) is 4.79 Å². The summed E-state index contributed by atoms with van der Waals surface area (Å²) in [4.78, 5) is 11.6. The number of ketones is 1. The standard InChI is InChI=1S/C22H19ClO2/c1-22(23,21(24)18-10-6-3-7-11-18)19-12-14-20(15-13-19)25-16-17-8-4-2-5-9-17/h2-15H,16H2,1H3. The molecule has 25 heavy (non-hydrogen) atoms. The first-order valence-electron chi connectivity index (χ1n) is 8.13. The molecule has 0 bridgehead atoms. The number of alkyl halides is 1. The highest BCUT2D eigenvalue weighted by Gasteiger charge is 2.33. The quantitative estimate of drug-likeness (QED) is 0.427. The van der Waals surface area contributed by atoms with E-state index in [9.17, 15) is 4.79 Å². The van der Waals surface area contributed by atoms with Crippen LogP contribution < -0.4 is 4.74 Å². The first-order chi connectivity index (χ1) is 12.1. The van der Waals surface area contributed by atoms with E-state index in [1.54, 1.807) is 19.1 Å². The van der Waals surface area contributed by atoms with E-state index >= 15 is 0 Å². The molecule has 3 aromatic rings. The fourth-order valence-corrected chi connectivity index (χ4v) is 2.83. The summed E-state index contributed by atoms with van der Waals surface area (Å²) >= 11 is 6.58. The lowest BCUT2D eigenvalue weighted by atomic mass is 9.91. The van der Waals surface area contributed by atoms with Gasteiger partial charge in [0.2, 0.25) is 0 Å². The lowest BCUT2D eigenvalue weighted by Crippen LogP contribution is -2.26. The highest BCUT2D eigenvalue weighted by molar-refractivity contribution is 6.37. The largest absolute Gasteiger partial charge is 0.489 e. The molecule has 0 aliphatic rings. The van der Waals surface area contributed by atoms with Crippen molar-refractivity contribution in [3.05, 3.63) is 102 Å². The third-order valence-electron chi connectivity index (χ3n) is 4.11. The third-order valence-corrected chi connectivity index (χ3v) is 4.50. The zero-order valence-electron chi connectivity index (χ0n) is 14.0. The summed E-state index contributed by atoms with van der Waals surface area (Å²) in [5.74, 6) is 0.625. The topological polar surface area (TPSA) is 26.3 Å². The number of Topliss-reactive ketones (excluding diaryl/α,β-unsaturated/α-hetero) is 1. The maximum Gasteiger partial charge on any atom is 0.187 e. The molecule has 0 saturated carbocycles. The number of carbonyl (C=O) groups excluding carboxylic acids is 1. The maximum atomic E-state index is 12.7. The minimum Gasteiger partial charge on any atom is -0.489 e. The second kappa shape index (κ2) is 7.54. The van der Waals surface area contributed by atoms with Gasteiger partial charge < -0.3 is 4.74 Å². The van der Waals surface area contributed by atoms with Crippen LogP contribution in [0.3, 0.4) is 0 Å². The Kier molecular flexibility index (Phi) is 5.20. The number of hydrogen-bond acceptors (Lipinski definition) is 2. The lowest BCUT2D eigenvalue weighted by Gasteiger charge is -2.21. The molecule has 0 N–H and O–H groups in total. The van der Waals surface area contributed by atoms with Gasteiger partial charge in [-0.15, -0.1) is 11.6 Å². The molecule has 0 fully saturated rings. The van der Waals surface area contributed by atoms with E-state index in [-0.39, 0.29) is 5.78 Å². The molecule has 1 atom stereocenters. The molecule has 0 amide bonds. The molecule has 0 spiro atoms. The monoisotopic (exact) mass is 350 g/mol. The Labute approximate surface area is 153 Å². The van der Waals surface area contributed by atoms with Crippen LogP contribution in [-0.2, 0) is 11.5 Å². The first-order valence-corrected chi connectivity index (χ1v) is 8.51. The Balaban J connectivity index is 1.71. The van der Waals surface area contributed by atoms with Crippen LogP contribution in [0, 0.1) is 0 Å². The summed E-state index contributed by atoms with van der Waals surface area (Å²) in [6.45, 7) is 2.23. The van der Waals surface area contributed by atoms with Crippen molar-refractivity contribution in [1.29, 1.82) is 0 Å². The summed E-state index contributed by atoms with van der Waals surface area (Å²) in [5, 5.41) is 0. The van der Waals surface area contributed by atoms with Gasteiger partial charge >= 0.3 is 0 Å². The van der Waals surface area contributed by atoms with Crippen molar-refractivity contribution in [2.75, 3.05) is 0 Å². The van der Waals surface area contributed by atoms with Gasteiger partial charge in [-0.1, -0.05) is 72.8 Å². The van der Waals surface area contributed by atoms with Gasteiger partial charge in [0, 0.05) is 5.56 Å². The summed E-state index contributed by atoms with van der Waals surface area (Å²) in [5.41, 5.74) is 2.45. The fourth-order valence-electron chi connectivity index (χ4n) is 2.60. The molecular weight excluding hydrogens is 332 g/mol. The van der Waals surface area contributed by atoms with Gasteiger partial charge in [0.05, 0.1) is 0 Å². The second-order valence-electron chi connectivity index (χ2n) is 6.00. The second-order valence-corrected chi connectivity index (χ2v) is 6.75. The lowest BCUT2D eigenvalue weighted by molar-refractivity contribution is 0.0945. The van der Waals surface area contributed by atoms with E-state index in [0.29, 0.717) is 12.2 Å². The van der Waals surface area contributed by atoms with Crippen molar-refractivity contribution in [2.45, 2.75) is 18.4 Å². The fraction of sp³-hybridized carbons (Fsp3) is 0.136. The smallest absolute Gasteiger partial charge is 0.187 e. The van der Waals surface area contributed by atoms with Crippen LogP contribution in [0.2, 0.25) is 0 Å². The van der Waals surface area contributed by atoms with Crippen molar-refractivity contribution in [1.82, 2.24) is 0 Å². The number of carbonyl (C=O) groups is 1. The van der Waals surface area contributed by atoms with Crippen molar-refractivity contribution >= 4 is 17.4 Å². The van der Waals surface area contributed by atoms with Crippen molar-refractivity contribution in [3.8, 4) is 5.75 Å². The number of ether oxygens (including phenoxy) is 1. The summed E-state index contributed by atoms with van der Waals surface area (Å²) in [6, 6.07) is 26.4. The summed E-state index contributed by atoms with van der Waals surface area (Å²) in [7, 11) is 0. The molecule has 3 rings (SSSR count). The van der Waals surface area contributed by atoms with Gasteiger partial charge in [0.1, 0.15) is 17.2 Å². The normalized spacial score (nSPS) is 13.0. The molecule has 2 nitrogen and oxygen atoms in total. The summed E-state index contributed by atoms with van der Waals surface area (Å²) in [6.07, 6.45) is 0. The van der Waals surface area contributed by atoms with E-state index in [4.69, 9.17) is 16.3 Å². The minimum atomic E-state index is -1.11. The highest BCUT2D eigenvalue weighted by Crippen LogP contribution is 2.33. The van der Waals surface area contributed by atoms with Crippen LogP contribution in [0.4, 0.5) is 0 Å². The van der Waals surface area contributed by atoms with Gasteiger partial charge in [0.15, 0.2) is 5.78 Å². The Morgan fingerprint density at radius 2 is 1.44 bits per heavy atom. The maximum absolute atomic E-state index is 12.7. The van der Waals surface area contributed by atoms with E-state index in [1.807, 2.05) is 72.8 Å². The highest BCUT2D eigenvalue weighted by atomic mass is 35.5. The molecule has 0 saturated heterocycles. The average molecular weight is 351 g/mol. The Bertz CT molecular complexity index is 825. The van der Waals surface area contributed by atoms with Gasteiger partial charge in [-0.2, -0.15) is 0 Å². The zero-order chi connectivity index (χ0) is 17.7. The van der Waals surface area contributed by atoms with E-state index < -0.39 is 4.87 Å². The molecule has 0 aliphatic heterocycles. The molecular formula is C22H19ClO2. The van der Waals surface area contributed by atoms with Crippen molar-refractivity contribution in [2.24, 2.45) is 0 Å². The van der Waals surface area contributed by atoms with Crippen LogP contribution in [0.25, 0.3) is 0 Å². The molecule has 126 valence electrons. The number of rotatable bonds is 6. The molecule has 0 heterocycles. The number of halogens is 1. The molecule has 0 aliphatic carbocycles. The van der Waals surface area contributed by atoms with Crippen LogP contribution in [0.5, 0.6) is 5.75 Å². The molecule has 0 radical (unpaired) electrons. The molecule has 3 heteroatoms. The van der Waals surface area contributed by atoms with Crippen LogP contribution in [-0.4, -0.2) is 5.78 Å².